The van der Waals surface area contributed by atoms with Crippen molar-refractivity contribution in [3.8, 4) is 11.5 Å². The highest BCUT2D eigenvalue weighted by atomic mass is 16.5. The number of fused-ring (bicyclic) bond motifs is 1. The third-order valence-electron chi connectivity index (χ3n) is 8.53. The Morgan fingerprint density at radius 3 is 2.42 bits per heavy atom. The molecule has 0 saturated carbocycles. The maximum absolute atomic E-state index is 14.3. The van der Waals surface area contributed by atoms with E-state index in [1.165, 1.54) is 0 Å². The summed E-state index contributed by atoms with van der Waals surface area (Å²) in [4.78, 5) is 45.6. The van der Waals surface area contributed by atoms with E-state index in [0.717, 1.165) is 32.2 Å². The number of likely N-dealkylation sites (N-methyl/N-ethyl adjacent to an activating group) is 1. The van der Waals surface area contributed by atoms with Gasteiger partial charge in [-0.25, -0.2) is 4.79 Å². The van der Waals surface area contributed by atoms with Crippen molar-refractivity contribution in [1.29, 1.82) is 0 Å². The lowest BCUT2D eigenvalue weighted by Gasteiger charge is -2.36. The van der Waals surface area contributed by atoms with Gasteiger partial charge in [0.25, 0.3) is 5.91 Å². The Balaban J connectivity index is 1.86. The molecule has 1 aliphatic heterocycles. The number of anilines is 2. The second-order valence-corrected chi connectivity index (χ2v) is 13.0. The molecule has 0 aromatic heterocycles. The zero-order valence-electron chi connectivity index (χ0n) is 29.7. The second kappa shape index (κ2) is 19.2. The summed E-state index contributed by atoms with van der Waals surface area (Å²) in [7, 11) is 7.35. The molecular weight excluding hydrogens is 614 g/mol. The molecule has 266 valence electrons. The zero-order valence-corrected chi connectivity index (χ0v) is 29.7. The van der Waals surface area contributed by atoms with E-state index in [4.69, 9.17) is 14.2 Å². The molecule has 4 amide bonds. The summed E-state index contributed by atoms with van der Waals surface area (Å²) in [5.41, 5.74) is 1.26. The summed E-state index contributed by atoms with van der Waals surface area (Å²) in [6.07, 6.45) is 3.16. The number of hydrogen-bond acceptors (Lipinski definition) is 8. The minimum atomic E-state index is -0.515. The number of nitrogens with zero attached hydrogens (tertiary/aromatic N) is 3. The lowest BCUT2D eigenvalue weighted by atomic mass is 10.0. The summed E-state index contributed by atoms with van der Waals surface area (Å²) in [6, 6.07) is 11.0. The quantitative estimate of drug-likeness (QED) is 0.307. The van der Waals surface area contributed by atoms with E-state index in [1.54, 1.807) is 73.3 Å². The van der Waals surface area contributed by atoms with Crippen LogP contribution in [0.4, 0.5) is 16.2 Å². The summed E-state index contributed by atoms with van der Waals surface area (Å²) in [5, 5.41) is 15.8. The highest BCUT2D eigenvalue weighted by Crippen LogP contribution is 2.29. The second-order valence-electron chi connectivity index (χ2n) is 13.0. The number of aliphatic hydroxyl groups excluding tert-OH is 1. The fraction of sp³-hybridized carbons (Fsp3) is 0.583. The lowest BCUT2D eigenvalue weighted by molar-refractivity contribution is -0.132. The molecule has 3 N–H and O–H groups in total. The van der Waals surface area contributed by atoms with Crippen LogP contribution in [0.1, 0.15) is 63.2 Å². The van der Waals surface area contributed by atoms with E-state index in [0.29, 0.717) is 42.4 Å². The average Bonchev–Trinajstić information content (AvgIpc) is 3.06. The zero-order chi connectivity index (χ0) is 35.2. The molecule has 4 atom stereocenters. The van der Waals surface area contributed by atoms with Crippen molar-refractivity contribution in [3.05, 3.63) is 48.0 Å². The minimum Gasteiger partial charge on any atom is -0.497 e. The van der Waals surface area contributed by atoms with Gasteiger partial charge < -0.3 is 44.7 Å². The summed E-state index contributed by atoms with van der Waals surface area (Å²) in [6.45, 7) is 7.54. The van der Waals surface area contributed by atoms with Gasteiger partial charge in [-0.1, -0.05) is 6.92 Å². The van der Waals surface area contributed by atoms with Gasteiger partial charge in [0.1, 0.15) is 11.5 Å². The highest BCUT2D eigenvalue weighted by Gasteiger charge is 2.31. The molecule has 2 aromatic carbocycles. The fourth-order valence-corrected chi connectivity index (χ4v) is 5.54. The summed E-state index contributed by atoms with van der Waals surface area (Å²) in [5.74, 6) is 0.630. The number of ether oxygens (including phenoxy) is 3. The first-order valence-electron chi connectivity index (χ1n) is 16.9. The lowest BCUT2D eigenvalue weighted by Crippen LogP contribution is -2.48. The van der Waals surface area contributed by atoms with Gasteiger partial charge >= 0.3 is 6.03 Å². The van der Waals surface area contributed by atoms with E-state index < -0.39 is 12.1 Å². The van der Waals surface area contributed by atoms with Gasteiger partial charge in [-0.2, -0.15) is 0 Å². The predicted octanol–water partition coefficient (Wildman–Crippen LogP) is 4.93. The Morgan fingerprint density at radius 1 is 1.06 bits per heavy atom. The normalized spacial score (nSPS) is 19.8. The summed E-state index contributed by atoms with van der Waals surface area (Å²) < 4.78 is 17.8. The maximum atomic E-state index is 14.3. The largest absolute Gasteiger partial charge is 0.497 e. The third kappa shape index (κ3) is 12.0. The average molecular weight is 670 g/mol. The van der Waals surface area contributed by atoms with Crippen molar-refractivity contribution in [2.24, 2.45) is 5.92 Å². The van der Waals surface area contributed by atoms with Crippen molar-refractivity contribution < 1.29 is 33.7 Å². The maximum Gasteiger partial charge on any atom is 0.323 e. The Morgan fingerprint density at radius 2 is 1.75 bits per heavy atom. The van der Waals surface area contributed by atoms with E-state index in [1.807, 2.05) is 27.9 Å². The molecule has 0 saturated heterocycles. The summed E-state index contributed by atoms with van der Waals surface area (Å²) >= 11 is 0. The highest BCUT2D eigenvalue weighted by molar-refractivity contribution is 6.02. The first kappa shape index (κ1) is 38.6. The topological polar surface area (TPSA) is 133 Å². The molecule has 1 heterocycles. The van der Waals surface area contributed by atoms with Gasteiger partial charge in [-0.3, -0.25) is 9.59 Å². The van der Waals surface area contributed by atoms with Crippen LogP contribution in [-0.2, 0) is 9.53 Å². The molecule has 0 aliphatic carbocycles. The van der Waals surface area contributed by atoms with Crippen LogP contribution in [0, 0.1) is 5.92 Å². The molecule has 0 fully saturated rings. The molecule has 0 bridgehead atoms. The van der Waals surface area contributed by atoms with Gasteiger partial charge in [-0.05, 0) is 103 Å². The molecule has 3 rings (SSSR count). The number of carbonyl (C=O) groups excluding carboxylic acids is 3. The molecule has 48 heavy (non-hydrogen) atoms. The number of amides is 4. The van der Waals surface area contributed by atoms with Crippen LogP contribution in [0.15, 0.2) is 42.5 Å². The Hall–Kier alpha value is -3.87. The van der Waals surface area contributed by atoms with Crippen LogP contribution in [0.25, 0.3) is 0 Å². The van der Waals surface area contributed by atoms with Gasteiger partial charge in [0.15, 0.2) is 0 Å². The van der Waals surface area contributed by atoms with Crippen LogP contribution < -0.4 is 20.1 Å². The molecule has 0 spiro atoms. The van der Waals surface area contributed by atoms with E-state index in [9.17, 15) is 19.5 Å². The van der Waals surface area contributed by atoms with Crippen molar-refractivity contribution in [2.75, 3.05) is 71.7 Å². The Labute approximate surface area is 285 Å². The van der Waals surface area contributed by atoms with E-state index >= 15 is 0 Å². The first-order chi connectivity index (χ1) is 22.9. The van der Waals surface area contributed by atoms with Crippen LogP contribution in [0.3, 0.4) is 0 Å². The number of aliphatic hydroxyl groups is 1. The van der Waals surface area contributed by atoms with Crippen LogP contribution in [-0.4, -0.2) is 117 Å². The molecule has 0 unspecified atom stereocenters. The number of benzene rings is 2. The number of hydrogen-bond donors (Lipinski definition) is 3. The van der Waals surface area contributed by atoms with Crippen molar-refractivity contribution in [1.82, 2.24) is 14.7 Å². The molecule has 2 aromatic rings. The number of urea groups is 1. The van der Waals surface area contributed by atoms with Crippen molar-refractivity contribution in [3.63, 3.8) is 0 Å². The minimum absolute atomic E-state index is 0.0553. The molecule has 0 radical (unpaired) electrons. The SMILES string of the molecule is COc1ccc(NC(=O)Nc2ccc3c(c2)C(=O)N([C@H](C)CO)C[C@H](C)[C@@H](CN(C)C(=O)CCCN(C)C)OCCCC[C@H](C)O3)cc1. The van der Waals surface area contributed by atoms with Crippen LogP contribution in [0.5, 0.6) is 11.5 Å². The van der Waals surface area contributed by atoms with Gasteiger partial charge in [0, 0.05) is 50.5 Å². The van der Waals surface area contributed by atoms with Crippen molar-refractivity contribution >= 4 is 29.2 Å². The van der Waals surface area contributed by atoms with Gasteiger partial charge in [-0.15, -0.1) is 0 Å². The fourth-order valence-electron chi connectivity index (χ4n) is 5.54. The van der Waals surface area contributed by atoms with Crippen LogP contribution >= 0.6 is 0 Å². The Bertz CT molecular complexity index is 1320. The number of nitrogens with one attached hydrogen (secondary N) is 2. The van der Waals surface area contributed by atoms with Crippen LogP contribution in [0.2, 0.25) is 0 Å². The number of methoxy groups -OCH3 is 1. The Kier molecular flexibility index (Phi) is 15.4. The molecule has 12 nitrogen and oxygen atoms in total. The van der Waals surface area contributed by atoms with E-state index in [2.05, 4.69) is 15.5 Å². The van der Waals surface area contributed by atoms with E-state index in [-0.39, 0.29) is 48.7 Å². The van der Waals surface area contributed by atoms with Gasteiger partial charge in [0.2, 0.25) is 5.91 Å². The standard InChI is InChI=1S/C36H55N5O7/c1-25-22-41(26(2)24-42)35(44)31-21-29(38-36(45)37-28-13-16-30(46-7)17-14-28)15-18-32(31)48-27(3)11-8-9-20-47-33(25)23-40(6)34(43)12-10-19-39(4)5/h13-18,21,25-27,33,42H,8-12,19-20,22-24H2,1-7H3,(H2,37,38,45)/t25-,26+,27-,33+/m0/s1. The first-order valence-corrected chi connectivity index (χ1v) is 16.9. The monoisotopic (exact) mass is 669 g/mol. The smallest absolute Gasteiger partial charge is 0.323 e. The number of rotatable bonds is 11. The molecule has 12 heteroatoms. The number of carbonyl (C=O) groups is 3. The third-order valence-corrected chi connectivity index (χ3v) is 8.53. The van der Waals surface area contributed by atoms with Crippen molar-refractivity contribution in [2.45, 2.75) is 71.1 Å². The van der Waals surface area contributed by atoms with Gasteiger partial charge in [0.05, 0.1) is 37.5 Å². The molecular formula is C36H55N5O7. The predicted molar refractivity (Wildman–Crippen MR) is 188 cm³/mol. The molecule has 1 aliphatic rings.